The summed E-state index contributed by atoms with van der Waals surface area (Å²) in [4.78, 5) is 46.4. The third-order valence-electron chi connectivity index (χ3n) is 21.9. The summed E-state index contributed by atoms with van der Waals surface area (Å²) in [5.74, 6) is -2.22. The Balaban J connectivity index is 0.000000138. The molecule has 12 aromatic rings. The molecular formula is C81H83BrCl6MgN14O18. The predicted molar refractivity (Wildman–Crippen MR) is 441 cm³/mol. The van der Waals surface area contributed by atoms with E-state index in [4.69, 9.17) is 117 Å². The van der Waals surface area contributed by atoms with Crippen molar-refractivity contribution in [3.63, 3.8) is 0 Å². The average molecular weight is 1860 g/mol. The number of aromatic nitrogens is 12. The minimum absolute atomic E-state index is 0. The van der Waals surface area contributed by atoms with Gasteiger partial charge in [0.1, 0.15) is 142 Å². The Morgan fingerprint density at radius 3 is 1.05 bits per heavy atom. The molecule has 0 radical (unpaired) electrons. The molecule has 7 fully saturated rings. The fraction of sp³-hybridized carbons (Fsp3) is 0.383. The SMILES string of the molecule is CC1(C)O[C@@H]2[C@H](O1)[C@@H](C(=O)c1ccc(Cl)cc1)O[C@H]2n1ccc2c(Cl)ncnc21.CC1(C)O[C@@H]2[C@H](O1)[C@@H]([C@](C)(O)c1ccc(Cl)cc1)O[C@H]2n1ccc2c(Cl)ncnc21.CC1(C)O[C@@H]2[C@H](O1)[C@@H]([C@](C)(O)c1ccc(Cl)cc1)O[C@H]2n1ccc2c(NO)ncnc21.C[C@@](O)(c1ccc(Cl)cc1)[C@H]1O[C@@H](n2ccc3c(NO)ncnc32)[C@H](O)[C@@H]1O.[Br-].[CH3-].[Mg+2]. The van der Waals surface area contributed by atoms with Crippen LogP contribution in [-0.4, -0.2) is 214 Å². The van der Waals surface area contributed by atoms with Crippen molar-refractivity contribution in [1.29, 1.82) is 0 Å². The fourth-order valence-electron chi connectivity index (χ4n) is 16.3. The van der Waals surface area contributed by atoms with E-state index in [2.05, 4.69) is 45.4 Å². The van der Waals surface area contributed by atoms with E-state index in [9.17, 15) is 40.7 Å². The summed E-state index contributed by atoms with van der Waals surface area (Å²) >= 11 is 36.3. The molecule has 32 nitrogen and oxygen atoms in total. The Bertz CT molecular complexity index is 5710. The predicted octanol–water partition coefficient (Wildman–Crippen LogP) is 9.80. The Morgan fingerprint density at radius 1 is 0.388 bits per heavy atom. The van der Waals surface area contributed by atoms with E-state index in [1.165, 1.54) is 36.8 Å². The number of fused-ring (bicyclic) bond motifs is 7. The first kappa shape index (κ1) is 91.6. The van der Waals surface area contributed by atoms with Gasteiger partial charge in [0.2, 0.25) is 0 Å². The molecule has 7 aliphatic rings. The van der Waals surface area contributed by atoms with Crippen LogP contribution in [0.15, 0.2) is 171 Å². The van der Waals surface area contributed by atoms with Crippen LogP contribution in [-0.2, 0) is 64.2 Å². The molecule has 0 amide bonds. The third kappa shape index (κ3) is 17.4. The van der Waals surface area contributed by atoms with E-state index in [1.807, 2.05) is 69.9 Å². The van der Waals surface area contributed by atoms with Crippen LogP contribution in [0.25, 0.3) is 44.1 Å². The van der Waals surface area contributed by atoms with Gasteiger partial charge in [-0.3, -0.25) is 26.2 Å². The van der Waals surface area contributed by atoms with Crippen LogP contribution in [0.2, 0.25) is 30.4 Å². The first-order valence-corrected chi connectivity index (χ1v) is 39.5. The molecule has 0 spiro atoms. The van der Waals surface area contributed by atoms with Crippen molar-refractivity contribution in [1.82, 2.24) is 58.1 Å². The molecule has 0 bridgehead atoms. The van der Waals surface area contributed by atoms with E-state index >= 15 is 0 Å². The molecule has 0 saturated carbocycles. The van der Waals surface area contributed by atoms with Gasteiger partial charge in [0, 0.05) is 50.4 Å². The molecule has 8 aromatic heterocycles. The van der Waals surface area contributed by atoms with Crippen molar-refractivity contribution in [2.45, 2.75) is 195 Å². The summed E-state index contributed by atoms with van der Waals surface area (Å²) in [6.45, 7) is 15.9. The Kier molecular flexibility index (Phi) is 26.8. The van der Waals surface area contributed by atoms with Crippen molar-refractivity contribution in [3.8, 4) is 0 Å². The maximum Gasteiger partial charge on any atom is 2.00 e. The van der Waals surface area contributed by atoms with Crippen LogP contribution >= 0.6 is 69.6 Å². The number of Topliss-reactive ketones (excluding diaryl/α,β-unsaturated/α-hetero) is 1. The zero-order valence-electron chi connectivity index (χ0n) is 66.2. The molecular weight excluding hydrogens is 1770 g/mol. The van der Waals surface area contributed by atoms with Crippen LogP contribution in [0.4, 0.5) is 11.6 Å². The molecule has 9 N–H and O–H groups in total. The van der Waals surface area contributed by atoms with Gasteiger partial charge in [-0.05, 0) is 164 Å². The van der Waals surface area contributed by atoms with Crippen LogP contribution in [0.3, 0.4) is 0 Å². The van der Waals surface area contributed by atoms with Crippen molar-refractivity contribution in [2.75, 3.05) is 11.0 Å². The number of ketones is 1. The second-order valence-electron chi connectivity index (χ2n) is 31.1. The van der Waals surface area contributed by atoms with Gasteiger partial charge in [-0.25, -0.2) is 39.9 Å². The Hall–Kier alpha value is -7.06. The number of nitrogens with zero attached hydrogens (tertiary/aromatic N) is 12. The maximum atomic E-state index is 13.2. The molecule has 40 heteroatoms. The van der Waals surface area contributed by atoms with Crippen molar-refractivity contribution < 1.29 is 105 Å². The number of ether oxygens (including phenoxy) is 10. The minimum Gasteiger partial charge on any atom is -1.00 e. The number of hydrogen-bond donors (Lipinski definition) is 9. The Morgan fingerprint density at radius 2 is 0.678 bits per heavy atom. The molecule has 7 aliphatic heterocycles. The number of nitrogens with one attached hydrogen (secondary N) is 2. The molecule has 19 atom stereocenters. The van der Waals surface area contributed by atoms with Gasteiger partial charge in [-0.2, -0.15) is 0 Å². The van der Waals surface area contributed by atoms with Gasteiger partial charge in [-0.1, -0.05) is 106 Å². The number of hydrogen-bond acceptors (Lipinski definition) is 28. The standard InChI is InChI=1S/C21H21Cl2N3O4.C21H23ClN4O5.C20H17Cl2N3O4.C18H19ClN4O5.CH3.BrH.Mg/c1-20(2)29-14-15(30-20)19(26-9-8-13-17(23)24-10-25-18(13)26)28-16(14)21(3,27)11-4-6-12(22)7-5-11;1-20(2)30-14-15(31-20)19(26-9-8-13-17(25-28)23-10-24-18(13)26)29-16(14)21(3,27)11-4-6-12(22)7-5-11;1-20(2)28-15-14(13(26)10-3-5-11(21)6-4-10)27-19(16(15)29-20)25-8-7-12-17(22)23-9-24-18(12)25;1-18(26,9-2-4-10(19)5-3-9)14-12(24)13(25)17(28-14)23-7-6-11-15(22-27)20-8-21-16(11)23;;;/h4-10,14-16,19,27H,1-3H3;4-10,14-16,19,27-28H,1-3H3,(H,23,24,25);3-9,14-16,19H,1-2H3;2-8,12-14,17,24-27H,1H3,(H,20,21,22);1H3;1H;/q;;;;-1;;+2/p-1/t2*14-,15+,16-,19+,21+;14-,15-,16-,19-;12-,13+,14-,17+,18+;;;/m0010.../s1. The number of aliphatic hydroxyl groups is 5. The topological polar surface area (TPSA) is 398 Å². The second kappa shape index (κ2) is 35.4. The number of benzene rings is 4. The first-order chi connectivity index (χ1) is 56.1. The molecule has 15 heterocycles. The quantitative estimate of drug-likeness (QED) is 0.0161. The van der Waals surface area contributed by atoms with E-state index in [0.717, 1.165) is 0 Å². The minimum atomic E-state index is -1.59. The molecule has 0 unspecified atom stereocenters. The molecule has 19 rings (SSSR count). The fourth-order valence-corrected chi connectivity index (χ4v) is 17.2. The zero-order chi connectivity index (χ0) is 83.6. The summed E-state index contributed by atoms with van der Waals surface area (Å²) in [6.07, 6.45) is 0.581. The number of aliphatic hydroxyl groups excluding tert-OH is 2. The maximum absolute atomic E-state index is 13.2. The molecule has 7 saturated heterocycles. The molecule has 636 valence electrons. The van der Waals surface area contributed by atoms with E-state index in [-0.39, 0.29) is 64.9 Å². The number of carbonyl (C=O) groups is 1. The molecule has 121 heavy (non-hydrogen) atoms. The van der Waals surface area contributed by atoms with Crippen LogP contribution in [0.5, 0.6) is 0 Å². The summed E-state index contributed by atoms with van der Waals surface area (Å²) in [5.41, 5.74) is 4.23. The van der Waals surface area contributed by atoms with E-state index in [1.54, 1.807) is 151 Å². The number of anilines is 2. The Labute approximate surface area is 748 Å². The van der Waals surface area contributed by atoms with Crippen LogP contribution in [0.1, 0.15) is 114 Å². The number of rotatable bonds is 14. The summed E-state index contributed by atoms with van der Waals surface area (Å²) in [5, 5.41) is 79.3. The molecule has 0 aliphatic carbocycles. The van der Waals surface area contributed by atoms with Crippen LogP contribution in [0, 0.1) is 7.43 Å². The zero-order valence-corrected chi connectivity index (χ0v) is 73.8. The summed E-state index contributed by atoms with van der Waals surface area (Å²) in [6, 6.07) is 34.3. The second-order valence-corrected chi connectivity index (χ2v) is 33.6. The van der Waals surface area contributed by atoms with Crippen molar-refractivity contribution >= 4 is 154 Å². The van der Waals surface area contributed by atoms with Crippen molar-refractivity contribution in [2.24, 2.45) is 0 Å². The first-order valence-electron chi connectivity index (χ1n) is 37.2. The van der Waals surface area contributed by atoms with Crippen molar-refractivity contribution in [3.05, 3.63) is 232 Å². The van der Waals surface area contributed by atoms with Gasteiger partial charge in [0.15, 0.2) is 65.8 Å². The summed E-state index contributed by atoms with van der Waals surface area (Å²) < 4.78 is 68.7. The van der Waals surface area contributed by atoms with Crippen LogP contribution < -0.4 is 27.9 Å². The normalized spacial score (nSPS) is 27.8. The van der Waals surface area contributed by atoms with Gasteiger partial charge in [0.25, 0.3) is 0 Å². The number of halogens is 7. The van der Waals surface area contributed by atoms with Gasteiger partial charge >= 0.3 is 23.1 Å². The summed E-state index contributed by atoms with van der Waals surface area (Å²) in [7, 11) is 0. The van der Waals surface area contributed by atoms with Gasteiger partial charge in [0.05, 0.1) is 21.5 Å². The van der Waals surface area contributed by atoms with E-state index < -0.39 is 132 Å². The van der Waals surface area contributed by atoms with Gasteiger partial charge in [-0.15, -0.1) is 0 Å². The average Bonchev–Trinajstić information content (AvgIpc) is 1.58. The third-order valence-corrected chi connectivity index (χ3v) is 23.5. The smallest absolute Gasteiger partial charge is 1.00 e. The largest absolute Gasteiger partial charge is 2.00 e. The molecule has 4 aromatic carbocycles. The van der Waals surface area contributed by atoms with Gasteiger partial charge < -0.3 is 116 Å². The van der Waals surface area contributed by atoms with E-state index in [0.29, 0.717) is 96.8 Å². The number of carbonyl (C=O) groups excluding carboxylic acids is 1. The monoisotopic (exact) mass is 1850 g/mol.